The lowest BCUT2D eigenvalue weighted by Crippen LogP contribution is -2.54. The van der Waals surface area contributed by atoms with E-state index in [0.717, 1.165) is 10.5 Å². The molecule has 3 aromatic rings. The molecule has 0 atom stereocenters. The van der Waals surface area contributed by atoms with Crippen LogP contribution in [0.4, 0.5) is 16.2 Å². The minimum atomic E-state index is -0.899. The maximum atomic E-state index is 13.3. The number of methoxy groups -OCH3 is 1. The first-order chi connectivity index (χ1) is 17.7. The van der Waals surface area contributed by atoms with Crippen LogP contribution in [-0.2, 0) is 16.2 Å². The van der Waals surface area contributed by atoms with Gasteiger partial charge in [-0.3, -0.25) is 25.0 Å². The summed E-state index contributed by atoms with van der Waals surface area (Å²) >= 11 is 6.17. The summed E-state index contributed by atoms with van der Waals surface area (Å²) in [6, 6.07) is 14.5. The van der Waals surface area contributed by atoms with E-state index < -0.39 is 22.8 Å². The van der Waals surface area contributed by atoms with E-state index in [4.69, 9.17) is 21.1 Å². The number of urea groups is 1. The number of anilines is 1. The predicted octanol–water partition coefficient (Wildman–Crippen LogP) is 4.81. The summed E-state index contributed by atoms with van der Waals surface area (Å²) in [5, 5.41) is 13.6. The number of hydrogen-bond acceptors (Lipinski definition) is 7. The fourth-order valence-corrected chi connectivity index (χ4v) is 3.75. The highest BCUT2D eigenvalue weighted by atomic mass is 35.5. The Balaban J connectivity index is 1.68. The molecular formula is C26H20ClN3O7. The third-order valence-corrected chi connectivity index (χ3v) is 5.96. The number of ether oxygens (including phenoxy) is 2. The Hall–Kier alpha value is -4.70. The second kappa shape index (κ2) is 10.5. The number of aryl methyl sites for hydroxylation is 1. The molecule has 188 valence electrons. The van der Waals surface area contributed by atoms with Crippen molar-refractivity contribution in [1.29, 1.82) is 0 Å². The molecule has 0 bridgehead atoms. The monoisotopic (exact) mass is 521 g/mol. The molecular weight excluding hydrogens is 502 g/mol. The van der Waals surface area contributed by atoms with E-state index in [9.17, 15) is 24.5 Å². The highest BCUT2D eigenvalue weighted by molar-refractivity contribution is 6.39. The molecule has 1 fully saturated rings. The molecule has 4 rings (SSSR count). The van der Waals surface area contributed by atoms with Gasteiger partial charge in [0.25, 0.3) is 17.5 Å². The predicted molar refractivity (Wildman–Crippen MR) is 136 cm³/mol. The number of nitrogens with zero attached hydrogens (tertiary/aromatic N) is 2. The molecule has 37 heavy (non-hydrogen) atoms. The summed E-state index contributed by atoms with van der Waals surface area (Å²) in [6.45, 7) is 1.75. The number of nitrogens with one attached hydrogen (secondary N) is 1. The van der Waals surface area contributed by atoms with Crippen molar-refractivity contribution < 1.29 is 28.8 Å². The molecule has 1 heterocycles. The van der Waals surface area contributed by atoms with Gasteiger partial charge in [-0.15, -0.1) is 0 Å². The van der Waals surface area contributed by atoms with Crippen LogP contribution in [0.2, 0.25) is 5.02 Å². The van der Waals surface area contributed by atoms with E-state index in [0.29, 0.717) is 21.9 Å². The van der Waals surface area contributed by atoms with Crippen LogP contribution < -0.4 is 19.7 Å². The largest absolute Gasteiger partial charge is 0.497 e. The summed E-state index contributed by atoms with van der Waals surface area (Å²) in [7, 11) is 1.46. The maximum Gasteiger partial charge on any atom is 0.335 e. The number of benzene rings is 3. The smallest absolute Gasteiger partial charge is 0.335 e. The van der Waals surface area contributed by atoms with Crippen molar-refractivity contribution in [1.82, 2.24) is 5.32 Å². The molecule has 0 aromatic heterocycles. The van der Waals surface area contributed by atoms with Gasteiger partial charge < -0.3 is 9.47 Å². The molecule has 1 saturated heterocycles. The van der Waals surface area contributed by atoms with Crippen molar-refractivity contribution in [3.8, 4) is 11.5 Å². The second-order valence-electron chi connectivity index (χ2n) is 8.01. The van der Waals surface area contributed by atoms with Gasteiger partial charge >= 0.3 is 6.03 Å². The normalized spacial score (nSPS) is 14.5. The number of barbiturate groups is 1. The first-order valence-electron chi connectivity index (χ1n) is 10.9. The zero-order chi connectivity index (χ0) is 26.7. The molecule has 3 aromatic carbocycles. The van der Waals surface area contributed by atoms with E-state index in [1.165, 1.54) is 31.4 Å². The fourth-order valence-electron chi connectivity index (χ4n) is 3.58. The molecule has 10 nitrogen and oxygen atoms in total. The summed E-state index contributed by atoms with van der Waals surface area (Å²) < 4.78 is 11.1. The first kappa shape index (κ1) is 25.4. The fraction of sp³-hybridized carbons (Fsp3) is 0.115. The van der Waals surface area contributed by atoms with Gasteiger partial charge in [0.05, 0.1) is 17.7 Å². The Morgan fingerprint density at radius 1 is 1.08 bits per heavy atom. The number of halogens is 1. The zero-order valence-corrected chi connectivity index (χ0v) is 20.4. The van der Waals surface area contributed by atoms with Gasteiger partial charge in [0.1, 0.15) is 23.7 Å². The third-order valence-electron chi connectivity index (χ3n) is 5.55. The van der Waals surface area contributed by atoms with E-state index in [1.54, 1.807) is 49.4 Å². The van der Waals surface area contributed by atoms with Gasteiger partial charge in [-0.25, -0.2) is 9.69 Å². The number of amides is 4. The number of carbonyl (C=O) groups excluding carboxylic acids is 3. The summed E-state index contributed by atoms with van der Waals surface area (Å²) in [5.41, 5.74) is 1.46. The van der Waals surface area contributed by atoms with E-state index in [2.05, 4.69) is 5.32 Å². The SMILES string of the molecule is COc1ccc(/C=C2\C(=O)NC(=O)N(c3ccc(C)c(Cl)c3)C2=O)c(OCc2cccc([N+](=O)[O-])c2)c1. The van der Waals surface area contributed by atoms with Crippen molar-refractivity contribution in [2.24, 2.45) is 0 Å². The number of carbonyl (C=O) groups is 3. The summed E-state index contributed by atoms with van der Waals surface area (Å²) in [4.78, 5) is 49.8. The number of nitro groups is 1. The van der Waals surface area contributed by atoms with Gasteiger partial charge in [0.2, 0.25) is 0 Å². The second-order valence-corrected chi connectivity index (χ2v) is 8.42. The van der Waals surface area contributed by atoms with Gasteiger partial charge in [0.15, 0.2) is 0 Å². The molecule has 0 unspecified atom stereocenters. The van der Waals surface area contributed by atoms with E-state index in [-0.39, 0.29) is 29.3 Å². The van der Waals surface area contributed by atoms with Gasteiger partial charge in [-0.1, -0.05) is 29.8 Å². The lowest BCUT2D eigenvalue weighted by Gasteiger charge is -2.26. The molecule has 11 heteroatoms. The molecule has 1 aliphatic heterocycles. The van der Waals surface area contributed by atoms with Crippen LogP contribution in [0, 0.1) is 17.0 Å². The Morgan fingerprint density at radius 2 is 1.86 bits per heavy atom. The zero-order valence-electron chi connectivity index (χ0n) is 19.7. The number of hydrogen-bond donors (Lipinski definition) is 1. The van der Waals surface area contributed by atoms with Gasteiger partial charge in [-0.05, 0) is 48.4 Å². The molecule has 1 N–H and O–H groups in total. The van der Waals surface area contributed by atoms with E-state index >= 15 is 0 Å². The quantitative estimate of drug-likeness (QED) is 0.204. The van der Waals surface area contributed by atoms with Crippen molar-refractivity contribution in [3.63, 3.8) is 0 Å². The lowest BCUT2D eigenvalue weighted by molar-refractivity contribution is -0.384. The maximum absolute atomic E-state index is 13.3. The highest BCUT2D eigenvalue weighted by Crippen LogP contribution is 2.31. The number of non-ortho nitro benzene ring substituents is 1. The van der Waals surface area contributed by atoms with Crippen molar-refractivity contribution in [2.75, 3.05) is 12.0 Å². The van der Waals surface area contributed by atoms with Crippen LogP contribution in [-0.4, -0.2) is 29.9 Å². The minimum absolute atomic E-state index is 0.0301. The Labute approximate surface area is 216 Å². The van der Waals surface area contributed by atoms with Crippen LogP contribution in [0.1, 0.15) is 16.7 Å². The molecule has 0 spiro atoms. The van der Waals surface area contributed by atoms with Crippen LogP contribution in [0.3, 0.4) is 0 Å². The number of nitro benzene ring substituents is 1. The van der Waals surface area contributed by atoms with Crippen LogP contribution in [0.25, 0.3) is 6.08 Å². The van der Waals surface area contributed by atoms with Crippen LogP contribution in [0.15, 0.2) is 66.2 Å². The standard InChI is InChI=1S/C26H20ClN3O7/c1-15-6-8-18(12-22(15)27)29-25(32)21(24(31)28-26(29)33)11-17-7-9-20(36-2)13-23(17)37-14-16-4-3-5-19(10-16)30(34)35/h3-13H,14H2,1-2H3,(H,28,31,33)/b21-11+. The topological polar surface area (TPSA) is 128 Å². The Bertz CT molecular complexity index is 1470. The van der Waals surface area contributed by atoms with Gasteiger partial charge in [-0.2, -0.15) is 0 Å². The van der Waals surface area contributed by atoms with Crippen LogP contribution in [0.5, 0.6) is 11.5 Å². The average molecular weight is 522 g/mol. The number of imide groups is 2. The minimum Gasteiger partial charge on any atom is -0.497 e. The summed E-state index contributed by atoms with van der Waals surface area (Å²) in [5.74, 6) is -1.01. The highest BCUT2D eigenvalue weighted by Gasteiger charge is 2.37. The lowest BCUT2D eigenvalue weighted by atomic mass is 10.1. The van der Waals surface area contributed by atoms with Crippen molar-refractivity contribution >= 4 is 46.9 Å². The third kappa shape index (κ3) is 5.44. The number of rotatable bonds is 7. The van der Waals surface area contributed by atoms with Gasteiger partial charge in [0, 0.05) is 28.8 Å². The van der Waals surface area contributed by atoms with Crippen LogP contribution >= 0.6 is 11.6 Å². The summed E-state index contributed by atoms with van der Waals surface area (Å²) in [6.07, 6.45) is 1.30. The Morgan fingerprint density at radius 3 is 2.57 bits per heavy atom. The molecule has 4 amide bonds. The molecule has 0 radical (unpaired) electrons. The Kier molecular flexibility index (Phi) is 7.21. The van der Waals surface area contributed by atoms with E-state index in [1.807, 2.05) is 0 Å². The first-order valence-corrected chi connectivity index (χ1v) is 11.3. The average Bonchev–Trinajstić information content (AvgIpc) is 2.87. The molecule has 0 saturated carbocycles. The van der Waals surface area contributed by atoms with Crippen molar-refractivity contribution in [2.45, 2.75) is 13.5 Å². The molecule has 0 aliphatic carbocycles. The molecule has 1 aliphatic rings. The van der Waals surface area contributed by atoms with Crippen molar-refractivity contribution in [3.05, 3.63) is 98.1 Å².